The second-order valence-electron chi connectivity index (χ2n) is 3.88. The van der Waals surface area contributed by atoms with Crippen LogP contribution in [0.2, 0.25) is 0 Å². The summed E-state index contributed by atoms with van der Waals surface area (Å²) in [4.78, 5) is 11.0. The van der Waals surface area contributed by atoms with Crippen molar-refractivity contribution in [2.24, 2.45) is 0 Å². The minimum atomic E-state index is -0.902. The van der Waals surface area contributed by atoms with Crippen LogP contribution in [-0.4, -0.2) is 11.1 Å². The molecule has 0 amide bonds. The molecule has 2 heteroatoms. The highest BCUT2D eigenvalue weighted by Gasteiger charge is 2.10. The van der Waals surface area contributed by atoms with Crippen molar-refractivity contribution in [1.82, 2.24) is 0 Å². The van der Waals surface area contributed by atoms with E-state index in [9.17, 15) is 4.79 Å². The highest BCUT2D eigenvalue weighted by molar-refractivity contribution is 5.92. The van der Waals surface area contributed by atoms with E-state index in [4.69, 9.17) is 5.11 Å². The monoisotopic (exact) mass is 208 g/mol. The number of hydrogen-bond donors (Lipinski definition) is 1. The Kier molecular flexibility index (Phi) is 5.68. The van der Waals surface area contributed by atoms with Gasteiger partial charge >= 0.3 is 5.97 Å². The largest absolute Gasteiger partial charge is 0.478 e. The summed E-state index contributed by atoms with van der Waals surface area (Å²) in [7, 11) is 0. The standard InChI is InChI=1S/C13H20O2/c1-6-7-10(4)8-11(5)12(9(2)3)13(14)15/h8H,2,6-7H2,1,3-5H3,(H,14,15)/b10-8-,12-11+. The van der Waals surface area contributed by atoms with Gasteiger partial charge in [-0.2, -0.15) is 0 Å². The number of carboxylic acids is 1. The van der Waals surface area contributed by atoms with Crippen LogP contribution in [0.4, 0.5) is 0 Å². The Morgan fingerprint density at radius 3 is 2.20 bits per heavy atom. The van der Waals surface area contributed by atoms with E-state index in [-0.39, 0.29) is 0 Å². The summed E-state index contributed by atoms with van der Waals surface area (Å²) >= 11 is 0. The Bertz CT molecular complexity index is 303. The molecule has 1 N–H and O–H groups in total. The highest BCUT2D eigenvalue weighted by atomic mass is 16.4. The van der Waals surface area contributed by atoms with E-state index in [2.05, 4.69) is 13.5 Å². The van der Waals surface area contributed by atoms with Crippen LogP contribution in [0.1, 0.15) is 40.5 Å². The number of aliphatic carboxylic acids is 1. The van der Waals surface area contributed by atoms with Gasteiger partial charge in [-0.1, -0.05) is 31.6 Å². The van der Waals surface area contributed by atoms with Gasteiger partial charge in [-0.05, 0) is 38.3 Å². The molecular weight excluding hydrogens is 188 g/mol. The molecule has 15 heavy (non-hydrogen) atoms. The molecule has 0 aromatic rings. The van der Waals surface area contributed by atoms with E-state index in [1.54, 1.807) is 6.92 Å². The van der Waals surface area contributed by atoms with Gasteiger partial charge in [-0.3, -0.25) is 0 Å². The SMILES string of the molecule is C=C(C)/C(C(=O)O)=C(C)\C=C(\C)CCC. The van der Waals surface area contributed by atoms with Gasteiger partial charge in [0, 0.05) is 0 Å². The second-order valence-corrected chi connectivity index (χ2v) is 3.88. The first kappa shape index (κ1) is 13.7. The van der Waals surface area contributed by atoms with Crippen molar-refractivity contribution >= 4 is 5.97 Å². The number of carbonyl (C=O) groups is 1. The third kappa shape index (κ3) is 4.63. The fraction of sp³-hybridized carbons (Fsp3) is 0.462. The van der Waals surface area contributed by atoms with Crippen LogP contribution >= 0.6 is 0 Å². The molecule has 84 valence electrons. The molecule has 0 saturated heterocycles. The van der Waals surface area contributed by atoms with Crippen molar-refractivity contribution in [2.45, 2.75) is 40.5 Å². The Hall–Kier alpha value is -1.31. The predicted molar refractivity (Wildman–Crippen MR) is 63.8 cm³/mol. The summed E-state index contributed by atoms with van der Waals surface area (Å²) in [5, 5.41) is 9.01. The molecule has 0 aromatic heterocycles. The Balaban J connectivity index is 5.12. The van der Waals surface area contributed by atoms with Crippen LogP contribution in [0.15, 0.2) is 34.9 Å². The third-order valence-corrected chi connectivity index (χ3v) is 2.14. The smallest absolute Gasteiger partial charge is 0.336 e. The maximum absolute atomic E-state index is 11.0. The summed E-state index contributed by atoms with van der Waals surface area (Å²) in [5.74, 6) is -0.902. The van der Waals surface area contributed by atoms with E-state index in [0.29, 0.717) is 11.1 Å². The van der Waals surface area contributed by atoms with Crippen molar-refractivity contribution in [3.8, 4) is 0 Å². The summed E-state index contributed by atoms with van der Waals surface area (Å²) < 4.78 is 0. The van der Waals surface area contributed by atoms with Gasteiger partial charge in [0.25, 0.3) is 0 Å². The van der Waals surface area contributed by atoms with Crippen LogP contribution in [0.25, 0.3) is 0 Å². The molecule has 0 atom stereocenters. The topological polar surface area (TPSA) is 37.3 Å². The number of allylic oxidation sites excluding steroid dienone is 3. The first-order chi connectivity index (χ1) is 6.90. The zero-order chi connectivity index (χ0) is 12.0. The summed E-state index contributed by atoms with van der Waals surface area (Å²) in [5.41, 5.74) is 2.90. The summed E-state index contributed by atoms with van der Waals surface area (Å²) in [6, 6.07) is 0. The molecule has 0 unspecified atom stereocenters. The zero-order valence-corrected chi connectivity index (χ0v) is 10.1. The molecule has 0 spiro atoms. The van der Waals surface area contributed by atoms with E-state index in [0.717, 1.165) is 18.4 Å². The maximum atomic E-state index is 11.0. The van der Waals surface area contributed by atoms with Crippen molar-refractivity contribution < 1.29 is 9.90 Å². The van der Waals surface area contributed by atoms with Gasteiger partial charge in [-0.15, -0.1) is 0 Å². The maximum Gasteiger partial charge on any atom is 0.336 e. The normalized spacial score (nSPS) is 13.5. The molecule has 0 rings (SSSR count). The van der Waals surface area contributed by atoms with Crippen LogP contribution < -0.4 is 0 Å². The molecule has 0 heterocycles. The number of hydrogen-bond acceptors (Lipinski definition) is 1. The van der Waals surface area contributed by atoms with Crippen molar-refractivity contribution in [1.29, 1.82) is 0 Å². The van der Waals surface area contributed by atoms with Gasteiger partial charge in [0.1, 0.15) is 0 Å². The minimum Gasteiger partial charge on any atom is -0.478 e. The zero-order valence-electron chi connectivity index (χ0n) is 10.1. The van der Waals surface area contributed by atoms with E-state index in [1.165, 1.54) is 5.57 Å². The van der Waals surface area contributed by atoms with Crippen LogP contribution in [0.3, 0.4) is 0 Å². The molecule has 0 bridgehead atoms. The Morgan fingerprint density at radius 1 is 1.33 bits per heavy atom. The van der Waals surface area contributed by atoms with Crippen LogP contribution in [-0.2, 0) is 4.79 Å². The minimum absolute atomic E-state index is 0.324. The predicted octanol–water partition coefficient (Wildman–Crippen LogP) is 3.71. The van der Waals surface area contributed by atoms with Gasteiger partial charge in [0.15, 0.2) is 0 Å². The third-order valence-electron chi connectivity index (χ3n) is 2.14. The lowest BCUT2D eigenvalue weighted by Gasteiger charge is -2.05. The fourth-order valence-corrected chi connectivity index (χ4v) is 1.60. The van der Waals surface area contributed by atoms with Crippen molar-refractivity contribution in [2.75, 3.05) is 0 Å². The molecule has 0 aliphatic heterocycles. The van der Waals surface area contributed by atoms with Gasteiger partial charge in [-0.25, -0.2) is 4.79 Å². The lowest BCUT2D eigenvalue weighted by molar-refractivity contribution is -0.132. The molecule has 0 aromatic carbocycles. The van der Waals surface area contributed by atoms with E-state index < -0.39 is 5.97 Å². The first-order valence-electron chi connectivity index (χ1n) is 5.17. The Morgan fingerprint density at radius 2 is 1.87 bits per heavy atom. The number of rotatable bonds is 5. The average Bonchev–Trinajstić information content (AvgIpc) is 2.01. The molecule has 0 saturated carbocycles. The van der Waals surface area contributed by atoms with E-state index >= 15 is 0 Å². The van der Waals surface area contributed by atoms with Gasteiger partial charge < -0.3 is 5.11 Å². The lowest BCUT2D eigenvalue weighted by atomic mass is 10.0. The molecule has 0 aliphatic rings. The van der Waals surface area contributed by atoms with Crippen molar-refractivity contribution in [3.05, 3.63) is 34.9 Å². The van der Waals surface area contributed by atoms with Gasteiger partial charge in [0.2, 0.25) is 0 Å². The van der Waals surface area contributed by atoms with Crippen molar-refractivity contribution in [3.63, 3.8) is 0 Å². The highest BCUT2D eigenvalue weighted by Crippen LogP contribution is 2.17. The quantitative estimate of drug-likeness (QED) is 0.552. The summed E-state index contributed by atoms with van der Waals surface area (Å²) in [6.45, 7) is 11.3. The first-order valence-corrected chi connectivity index (χ1v) is 5.17. The molecule has 0 radical (unpaired) electrons. The number of carboxylic acid groups (broad SMARTS) is 1. The van der Waals surface area contributed by atoms with Crippen LogP contribution in [0.5, 0.6) is 0 Å². The average molecular weight is 208 g/mol. The lowest BCUT2D eigenvalue weighted by Crippen LogP contribution is -2.03. The second kappa shape index (κ2) is 6.23. The Labute approximate surface area is 92.0 Å². The van der Waals surface area contributed by atoms with Crippen LogP contribution in [0, 0.1) is 0 Å². The van der Waals surface area contributed by atoms with Gasteiger partial charge in [0.05, 0.1) is 5.57 Å². The fourth-order valence-electron chi connectivity index (χ4n) is 1.60. The molecular formula is C13H20O2. The van der Waals surface area contributed by atoms with E-state index in [1.807, 2.05) is 19.9 Å². The molecule has 0 aliphatic carbocycles. The molecule has 0 fully saturated rings. The summed E-state index contributed by atoms with van der Waals surface area (Å²) in [6.07, 6.45) is 4.01. The molecule has 2 nitrogen and oxygen atoms in total.